The smallest absolute Gasteiger partial charge is 0.340 e. The second kappa shape index (κ2) is 5.57. The minimum Gasteiger partial charge on any atom is -0.495 e. The lowest BCUT2D eigenvalue weighted by atomic mass is 10.2. The molecule has 110 valence electrons. The van der Waals surface area contributed by atoms with Crippen LogP contribution in [-0.4, -0.2) is 24.0 Å². The molecule has 1 fully saturated rings. The van der Waals surface area contributed by atoms with Crippen molar-refractivity contribution in [2.24, 2.45) is 0 Å². The van der Waals surface area contributed by atoms with Crippen molar-refractivity contribution in [3.63, 3.8) is 0 Å². The molecular formula is C16H13N3O2S. The van der Waals surface area contributed by atoms with Gasteiger partial charge in [0.25, 0.3) is 0 Å². The Balaban J connectivity index is 2.06. The number of hydrogen-bond donors (Lipinski definition) is 1. The summed E-state index contributed by atoms with van der Waals surface area (Å²) in [6.45, 7) is 0. The maximum Gasteiger partial charge on any atom is 0.340 e. The van der Waals surface area contributed by atoms with Crippen LogP contribution in [0.15, 0.2) is 54.6 Å². The van der Waals surface area contributed by atoms with Gasteiger partial charge in [0, 0.05) is 0 Å². The van der Waals surface area contributed by atoms with Crippen LogP contribution in [0.1, 0.15) is 0 Å². The first-order chi connectivity index (χ1) is 10.6. The average Bonchev–Trinajstić information content (AvgIpc) is 2.78. The summed E-state index contributed by atoms with van der Waals surface area (Å²) < 4.78 is 5.28. The number of rotatable bonds is 3. The Labute approximate surface area is 133 Å². The third kappa shape index (κ3) is 2.14. The van der Waals surface area contributed by atoms with Crippen molar-refractivity contribution < 1.29 is 9.53 Å². The Morgan fingerprint density at radius 3 is 2.32 bits per heavy atom. The number of nitrogens with zero attached hydrogens (tertiary/aromatic N) is 2. The van der Waals surface area contributed by atoms with E-state index in [0.717, 1.165) is 0 Å². The predicted molar refractivity (Wildman–Crippen MR) is 90.1 cm³/mol. The number of hydrogen-bond acceptors (Lipinski definition) is 4. The molecule has 1 N–H and O–H groups in total. The number of benzene rings is 2. The summed E-state index contributed by atoms with van der Waals surface area (Å²) in [7, 11) is 1.52. The van der Waals surface area contributed by atoms with Crippen LogP contribution in [0.5, 0.6) is 5.75 Å². The van der Waals surface area contributed by atoms with E-state index < -0.39 is 0 Å². The average molecular weight is 311 g/mol. The van der Waals surface area contributed by atoms with Crippen LogP contribution in [0.2, 0.25) is 0 Å². The third-order valence-electron chi connectivity index (χ3n) is 3.35. The Morgan fingerprint density at radius 1 is 1.00 bits per heavy atom. The summed E-state index contributed by atoms with van der Waals surface area (Å²) in [4.78, 5) is 15.5. The van der Waals surface area contributed by atoms with Crippen LogP contribution < -0.4 is 14.5 Å². The molecule has 1 saturated heterocycles. The van der Waals surface area contributed by atoms with Gasteiger partial charge in [0.05, 0.1) is 18.5 Å². The summed E-state index contributed by atoms with van der Waals surface area (Å²) in [5, 5.41) is 8.20. The molecule has 2 amide bonds. The van der Waals surface area contributed by atoms with Gasteiger partial charge in [0.2, 0.25) is 0 Å². The van der Waals surface area contributed by atoms with Crippen molar-refractivity contribution >= 4 is 40.4 Å². The number of ether oxygens (including phenoxy) is 1. The summed E-state index contributed by atoms with van der Waals surface area (Å²) in [5.74, 6) is 0.478. The van der Waals surface area contributed by atoms with E-state index in [-0.39, 0.29) is 16.9 Å². The van der Waals surface area contributed by atoms with Gasteiger partial charge < -0.3 is 4.74 Å². The molecule has 0 aliphatic carbocycles. The number of amidine groups is 1. The second-order valence-electron chi connectivity index (χ2n) is 4.61. The molecule has 0 bridgehead atoms. The molecule has 0 unspecified atom stereocenters. The molecule has 2 aromatic carbocycles. The highest BCUT2D eigenvalue weighted by molar-refractivity contribution is 7.82. The van der Waals surface area contributed by atoms with Gasteiger partial charge in [0.15, 0.2) is 10.8 Å². The third-order valence-corrected chi connectivity index (χ3v) is 3.73. The molecule has 0 saturated carbocycles. The molecule has 1 heterocycles. The highest BCUT2D eigenvalue weighted by Crippen LogP contribution is 2.33. The van der Waals surface area contributed by atoms with E-state index in [4.69, 9.17) is 22.4 Å². The van der Waals surface area contributed by atoms with Crippen molar-refractivity contribution in [1.29, 1.82) is 5.41 Å². The molecule has 2 aromatic rings. The van der Waals surface area contributed by atoms with Gasteiger partial charge in [0.1, 0.15) is 5.75 Å². The van der Waals surface area contributed by atoms with E-state index in [1.54, 1.807) is 36.4 Å². The lowest BCUT2D eigenvalue weighted by Crippen LogP contribution is -2.33. The highest BCUT2D eigenvalue weighted by Gasteiger charge is 2.41. The zero-order valence-electron chi connectivity index (χ0n) is 11.8. The molecule has 5 nitrogen and oxygen atoms in total. The van der Waals surface area contributed by atoms with Crippen LogP contribution in [0.3, 0.4) is 0 Å². The maximum atomic E-state index is 12.8. The number of carbonyl (C=O) groups is 1. The highest BCUT2D eigenvalue weighted by atomic mass is 32.1. The van der Waals surface area contributed by atoms with E-state index in [9.17, 15) is 4.79 Å². The van der Waals surface area contributed by atoms with Gasteiger partial charge in [-0.25, -0.2) is 14.6 Å². The number of urea groups is 1. The minimum atomic E-state index is -0.384. The number of nitrogens with one attached hydrogen (secondary N) is 1. The van der Waals surface area contributed by atoms with E-state index in [0.29, 0.717) is 17.1 Å². The molecule has 0 aromatic heterocycles. The van der Waals surface area contributed by atoms with Crippen LogP contribution >= 0.6 is 12.2 Å². The summed E-state index contributed by atoms with van der Waals surface area (Å²) >= 11 is 5.28. The van der Waals surface area contributed by atoms with Crippen LogP contribution in [-0.2, 0) is 0 Å². The SMILES string of the molecule is COc1ccccc1N1C(=N)C(=S)N(c2ccccc2)C1=O. The largest absolute Gasteiger partial charge is 0.495 e. The van der Waals surface area contributed by atoms with E-state index in [2.05, 4.69) is 0 Å². The normalized spacial score (nSPS) is 14.7. The first-order valence-electron chi connectivity index (χ1n) is 6.60. The zero-order valence-corrected chi connectivity index (χ0v) is 12.6. The lowest BCUT2D eigenvalue weighted by Gasteiger charge is -2.19. The van der Waals surface area contributed by atoms with Crippen LogP contribution in [0, 0.1) is 5.41 Å². The molecular weight excluding hydrogens is 298 g/mol. The maximum absolute atomic E-state index is 12.8. The Morgan fingerprint density at radius 2 is 1.64 bits per heavy atom. The van der Waals surface area contributed by atoms with Crippen molar-refractivity contribution in [2.45, 2.75) is 0 Å². The number of anilines is 2. The van der Waals surface area contributed by atoms with Gasteiger partial charge >= 0.3 is 6.03 Å². The number of amides is 2. The summed E-state index contributed by atoms with van der Waals surface area (Å²) in [6.07, 6.45) is 0. The number of para-hydroxylation sites is 3. The second-order valence-corrected chi connectivity index (χ2v) is 5.00. The Bertz CT molecular complexity index is 761. The van der Waals surface area contributed by atoms with Gasteiger partial charge in [-0.15, -0.1) is 0 Å². The van der Waals surface area contributed by atoms with Gasteiger partial charge in [-0.1, -0.05) is 42.5 Å². The van der Waals surface area contributed by atoms with Gasteiger partial charge in [-0.2, -0.15) is 0 Å². The first-order valence-corrected chi connectivity index (χ1v) is 7.01. The molecule has 1 aliphatic rings. The molecule has 22 heavy (non-hydrogen) atoms. The first kappa shape index (κ1) is 14.2. The van der Waals surface area contributed by atoms with Gasteiger partial charge in [-0.3, -0.25) is 5.41 Å². The van der Waals surface area contributed by atoms with Crippen molar-refractivity contribution in [3.8, 4) is 5.75 Å². The van der Waals surface area contributed by atoms with Gasteiger partial charge in [-0.05, 0) is 24.3 Å². The topological polar surface area (TPSA) is 56.6 Å². The lowest BCUT2D eigenvalue weighted by molar-refractivity contribution is 0.257. The van der Waals surface area contributed by atoms with E-state index >= 15 is 0 Å². The fraction of sp³-hybridized carbons (Fsp3) is 0.0625. The van der Waals surface area contributed by atoms with Crippen LogP contribution in [0.25, 0.3) is 0 Å². The summed E-state index contributed by atoms with van der Waals surface area (Å²) in [6, 6.07) is 15.7. The Kier molecular flexibility index (Phi) is 3.60. The Hall–Kier alpha value is -2.73. The fourth-order valence-corrected chi connectivity index (χ4v) is 2.60. The minimum absolute atomic E-state index is 0.0339. The molecule has 3 rings (SSSR count). The van der Waals surface area contributed by atoms with Crippen molar-refractivity contribution in [1.82, 2.24) is 0 Å². The zero-order chi connectivity index (χ0) is 15.7. The predicted octanol–water partition coefficient (Wildman–Crippen LogP) is 3.45. The van der Waals surface area contributed by atoms with E-state index in [1.807, 2.05) is 18.2 Å². The monoisotopic (exact) mass is 311 g/mol. The number of carbonyl (C=O) groups excluding carboxylic acids is 1. The quantitative estimate of drug-likeness (QED) is 0.883. The van der Waals surface area contributed by atoms with Crippen molar-refractivity contribution in [3.05, 3.63) is 54.6 Å². The van der Waals surface area contributed by atoms with E-state index in [1.165, 1.54) is 16.9 Å². The molecule has 6 heteroatoms. The number of thiocarbonyl (C=S) groups is 1. The molecule has 0 atom stereocenters. The van der Waals surface area contributed by atoms with Crippen LogP contribution in [0.4, 0.5) is 16.2 Å². The standard InChI is InChI=1S/C16H13N3O2S/c1-21-13-10-6-5-9-12(13)19-14(17)15(22)18(16(19)20)11-7-3-2-4-8-11/h2-10,17H,1H3. The molecule has 0 radical (unpaired) electrons. The fourth-order valence-electron chi connectivity index (χ4n) is 2.33. The number of methoxy groups -OCH3 is 1. The molecule has 0 spiro atoms. The van der Waals surface area contributed by atoms with Crippen molar-refractivity contribution in [2.75, 3.05) is 16.9 Å². The molecule has 1 aliphatic heterocycles. The summed E-state index contributed by atoms with van der Waals surface area (Å²) in [5.41, 5.74) is 1.14.